The molecule has 1 aromatic carbocycles. The molecular weight excluding hydrogens is 236 g/mol. The number of ether oxygens (including phenoxy) is 1. The Morgan fingerprint density at radius 3 is 2.18 bits per heavy atom. The Balaban J connectivity index is 0.00000121. The number of carbonyl (C=O) groups excluding carboxylic acids is 1. The van der Waals surface area contributed by atoms with Gasteiger partial charge in [0, 0.05) is 5.02 Å². The Kier molecular flexibility index (Phi) is 6.25. The zero-order valence-electron chi connectivity index (χ0n) is 11.4. The van der Waals surface area contributed by atoms with Crippen LogP contribution in [0, 0.1) is 6.92 Å². The molecule has 0 aliphatic carbocycles. The van der Waals surface area contributed by atoms with Crippen LogP contribution < -0.4 is 0 Å². The molecule has 0 fully saturated rings. The monoisotopic (exact) mass is 256 g/mol. The highest BCUT2D eigenvalue weighted by atomic mass is 35.5. The van der Waals surface area contributed by atoms with Crippen LogP contribution in [-0.2, 0) is 4.74 Å². The molecule has 0 atom stereocenters. The first-order valence-electron chi connectivity index (χ1n) is 5.79. The Hall–Kier alpha value is -1.02. The van der Waals surface area contributed by atoms with E-state index in [2.05, 4.69) is 0 Å². The molecule has 0 bridgehead atoms. The third kappa shape index (κ3) is 5.73. The molecule has 0 N–H and O–H groups in total. The molecular formula is C14H21ClO2. The molecule has 0 aromatic heterocycles. The van der Waals surface area contributed by atoms with E-state index in [1.54, 1.807) is 18.2 Å². The lowest BCUT2D eigenvalue weighted by Crippen LogP contribution is -2.24. The molecule has 17 heavy (non-hydrogen) atoms. The van der Waals surface area contributed by atoms with E-state index in [0.29, 0.717) is 10.6 Å². The summed E-state index contributed by atoms with van der Waals surface area (Å²) >= 11 is 5.80. The Morgan fingerprint density at radius 1 is 1.24 bits per heavy atom. The van der Waals surface area contributed by atoms with E-state index in [9.17, 15) is 4.79 Å². The number of halogens is 1. The molecule has 0 unspecified atom stereocenters. The quantitative estimate of drug-likeness (QED) is 0.685. The minimum absolute atomic E-state index is 0.309. The maximum atomic E-state index is 11.7. The summed E-state index contributed by atoms with van der Waals surface area (Å²) in [6.07, 6.45) is 0. The van der Waals surface area contributed by atoms with Crippen molar-refractivity contribution in [1.29, 1.82) is 0 Å². The van der Waals surface area contributed by atoms with Crippen molar-refractivity contribution in [2.75, 3.05) is 0 Å². The van der Waals surface area contributed by atoms with Crippen molar-refractivity contribution in [2.24, 2.45) is 0 Å². The van der Waals surface area contributed by atoms with E-state index >= 15 is 0 Å². The number of hydrogen-bond acceptors (Lipinski definition) is 2. The van der Waals surface area contributed by atoms with Gasteiger partial charge in [-0.05, 0) is 51.5 Å². The lowest BCUT2D eigenvalue weighted by molar-refractivity contribution is 0.00688. The lowest BCUT2D eigenvalue weighted by Gasteiger charge is -2.20. The molecule has 1 aromatic rings. The first-order valence-corrected chi connectivity index (χ1v) is 6.17. The Labute approximate surface area is 109 Å². The molecule has 96 valence electrons. The summed E-state index contributed by atoms with van der Waals surface area (Å²) in [7, 11) is 0. The number of aryl methyl sites for hydroxylation is 1. The smallest absolute Gasteiger partial charge is 0.338 e. The molecule has 0 aliphatic rings. The highest BCUT2D eigenvalue weighted by Crippen LogP contribution is 2.18. The van der Waals surface area contributed by atoms with Crippen molar-refractivity contribution >= 4 is 17.6 Å². The highest BCUT2D eigenvalue weighted by Gasteiger charge is 2.19. The Bertz CT molecular complexity index is 378. The fourth-order valence-electron chi connectivity index (χ4n) is 1.19. The van der Waals surface area contributed by atoms with E-state index in [4.69, 9.17) is 16.3 Å². The van der Waals surface area contributed by atoms with Crippen LogP contribution in [0.1, 0.15) is 50.5 Å². The summed E-state index contributed by atoms with van der Waals surface area (Å²) in [5, 5.41) is 0.625. The van der Waals surface area contributed by atoms with Crippen molar-refractivity contribution in [3.63, 3.8) is 0 Å². The summed E-state index contributed by atoms with van der Waals surface area (Å²) in [5.41, 5.74) is 0.925. The first kappa shape index (κ1) is 16.0. The minimum atomic E-state index is -0.469. The second-order valence-electron chi connectivity index (χ2n) is 4.46. The molecule has 0 saturated heterocycles. The van der Waals surface area contributed by atoms with Crippen molar-refractivity contribution in [2.45, 2.75) is 47.1 Å². The van der Waals surface area contributed by atoms with Crippen LogP contribution in [-0.4, -0.2) is 11.6 Å². The van der Waals surface area contributed by atoms with Gasteiger partial charge in [0.25, 0.3) is 0 Å². The zero-order valence-corrected chi connectivity index (χ0v) is 12.2. The Morgan fingerprint density at radius 2 is 1.76 bits per heavy atom. The van der Waals surface area contributed by atoms with Crippen molar-refractivity contribution in [1.82, 2.24) is 0 Å². The van der Waals surface area contributed by atoms with Crippen LogP contribution in [0.4, 0.5) is 0 Å². The third-order valence-corrected chi connectivity index (χ3v) is 2.04. The predicted molar refractivity (Wildman–Crippen MR) is 72.7 cm³/mol. The average Bonchev–Trinajstić information content (AvgIpc) is 2.17. The van der Waals surface area contributed by atoms with Gasteiger partial charge in [-0.1, -0.05) is 25.4 Å². The van der Waals surface area contributed by atoms with E-state index in [1.807, 2.05) is 41.5 Å². The molecule has 0 saturated carbocycles. The normalized spacial score (nSPS) is 10.3. The van der Waals surface area contributed by atoms with Gasteiger partial charge < -0.3 is 4.74 Å². The standard InChI is InChI=1S/C12H15ClO2.C2H6/c1-8-7-9(13)5-6-10(8)11(14)15-12(2,3)4;1-2/h5-7H,1-4H3;1-2H3. The fourth-order valence-corrected chi connectivity index (χ4v) is 1.42. The summed E-state index contributed by atoms with van der Waals surface area (Å²) in [6.45, 7) is 11.4. The molecule has 0 heterocycles. The number of hydrogen-bond donors (Lipinski definition) is 0. The van der Waals surface area contributed by atoms with Gasteiger partial charge in [-0.25, -0.2) is 4.79 Å². The maximum Gasteiger partial charge on any atom is 0.338 e. The van der Waals surface area contributed by atoms with Crippen LogP contribution in [0.15, 0.2) is 18.2 Å². The molecule has 0 aliphatic heterocycles. The zero-order chi connectivity index (χ0) is 13.6. The number of esters is 1. The maximum absolute atomic E-state index is 11.7. The van der Waals surface area contributed by atoms with E-state index < -0.39 is 5.60 Å². The van der Waals surface area contributed by atoms with Crippen molar-refractivity contribution in [3.05, 3.63) is 34.3 Å². The van der Waals surface area contributed by atoms with Crippen LogP contribution >= 0.6 is 11.6 Å². The van der Waals surface area contributed by atoms with Crippen LogP contribution in [0.25, 0.3) is 0 Å². The van der Waals surface area contributed by atoms with Gasteiger partial charge in [0.15, 0.2) is 0 Å². The van der Waals surface area contributed by atoms with Crippen molar-refractivity contribution in [3.8, 4) is 0 Å². The molecule has 0 radical (unpaired) electrons. The van der Waals surface area contributed by atoms with Crippen LogP contribution in [0.5, 0.6) is 0 Å². The minimum Gasteiger partial charge on any atom is -0.456 e. The summed E-state index contributed by atoms with van der Waals surface area (Å²) < 4.78 is 5.26. The molecule has 2 nitrogen and oxygen atoms in total. The second-order valence-corrected chi connectivity index (χ2v) is 4.90. The lowest BCUT2D eigenvalue weighted by atomic mass is 10.1. The highest BCUT2D eigenvalue weighted by molar-refractivity contribution is 6.30. The summed E-state index contributed by atoms with van der Waals surface area (Å²) in [4.78, 5) is 11.7. The van der Waals surface area contributed by atoms with E-state index in [-0.39, 0.29) is 5.97 Å². The largest absolute Gasteiger partial charge is 0.456 e. The predicted octanol–water partition coefficient (Wildman–Crippen LogP) is 4.63. The topological polar surface area (TPSA) is 26.3 Å². The first-order chi connectivity index (χ1) is 7.79. The van der Waals surface area contributed by atoms with Gasteiger partial charge in [0.05, 0.1) is 5.56 Å². The average molecular weight is 257 g/mol. The SMILES string of the molecule is CC.Cc1cc(Cl)ccc1C(=O)OC(C)(C)C. The molecule has 0 amide bonds. The van der Waals surface area contributed by atoms with Gasteiger partial charge in [0.1, 0.15) is 5.60 Å². The molecule has 0 spiro atoms. The van der Waals surface area contributed by atoms with E-state index in [0.717, 1.165) is 5.56 Å². The van der Waals surface area contributed by atoms with E-state index in [1.165, 1.54) is 0 Å². The molecule has 3 heteroatoms. The molecule has 1 rings (SSSR count). The van der Waals surface area contributed by atoms with Crippen LogP contribution in [0.2, 0.25) is 5.02 Å². The van der Waals surface area contributed by atoms with Gasteiger partial charge in [-0.3, -0.25) is 0 Å². The van der Waals surface area contributed by atoms with Crippen molar-refractivity contribution < 1.29 is 9.53 Å². The van der Waals surface area contributed by atoms with Gasteiger partial charge in [-0.2, -0.15) is 0 Å². The number of benzene rings is 1. The van der Waals surface area contributed by atoms with Crippen LogP contribution in [0.3, 0.4) is 0 Å². The van der Waals surface area contributed by atoms with Gasteiger partial charge in [0.2, 0.25) is 0 Å². The summed E-state index contributed by atoms with van der Waals surface area (Å²) in [5.74, 6) is -0.309. The summed E-state index contributed by atoms with van der Waals surface area (Å²) in [6, 6.07) is 5.13. The fraction of sp³-hybridized carbons (Fsp3) is 0.500. The number of rotatable bonds is 1. The van der Waals surface area contributed by atoms with Gasteiger partial charge in [-0.15, -0.1) is 0 Å². The second kappa shape index (κ2) is 6.65. The van der Waals surface area contributed by atoms with Gasteiger partial charge >= 0.3 is 5.97 Å². The third-order valence-electron chi connectivity index (χ3n) is 1.81. The number of carbonyl (C=O) groups is 1.